The Morgan fingerprint density at radius 3 is 2.21 bits per heavy atom. The third-order valence-corrected chi connectivity index (χ3v) is 4.11. The minimum atomic E-state index is -1.06. The van der Waals surface area contributed by atoms with Crippen molar-refractivity contribution in [3.8, 4) is 0 Å². The summed E-state index contributed by atoms with van der Waals surface area (Å²) in [5, 5.41) is 11.4. The first kappa shape index (κ1) is 18.1. The maximum absolute atomic E-state index is 11.7. The molecule has 0 radical (unpaired) electrons. The summed E-state index contributed by atoms with van der Waals surface area (Å²) in [6.45, 7) is 7.11. The van der Waals surface area contributed by atoms with Crippen LogP contribution in [0.25, 0.3) is 0 Å². The summed E-state index contributed by atoms with van der Waals surface area (Å²) in [4.78, 5) is 22.7. The topological polar surface area (TPSA) is 92.4 Å². The predicted octanol–water partition coefficient (Wildman–Crippen LogP) is 0.722. The van der Waals surface area contributed by atoms with Crippen molar-refractivity contribution in [3.05, 3.63) is 25.3 Å². The number of hydrogen-bond donors (Lipinski definition) is 3. The van der Waals surface area contributed by atoms with Crippen LogP contribution in [0.1, 0.15) is 0 Å². The van der Waals surface area contributed by atoms with E-state index in [2.05, 4.69) is 18.5 Å². The Hall–Kier alpha value is -0.920. The van der Waals surface area contributed by atoms with E-state index < -0.39 is 24.0 Å². The van der Waals surface area contributed by atoms with E-state index in [0.717, 1.165) is 0 Å². The monoisotopic (exact) mass is 304 g/mol. The Morgan fingerprint density at radius 2 is 1.74 bits per heavy atom. The van der Waals surface area contributed by atoms with Gasteiger partial charge in [0.25, 0.3) is 0 Å². The zero-order chi connectivity index (χ0) is 14.7. The van der Waals surface area contributed by atoms with Gasteiger partial charge < -0.3 is 16.2 Å². The van der Waals surface area contributed by atoms with Crippen LogP contribution in [0.5, 0.6) is 0 Å². The molecule has 7 heteroatoms. The first-order valence-corrected chi connectivity index (χ1v) is 7.99. The Morgan fingerprint density at radius 1 is 1.21 bits per heavy atom. The summed E-state index contributed by atoms with van der Waals surface area (Å²) >= 11 is 2.87. The highest BCUT2D eigenvalue weighted by Gasteiger charge is 2.22. The van der Waals surface area contributed by atoms with Gasteiger partial charge >= 0.3 is 5.97 Å². The number of aliphatic carboxylic acids is 1. The van der Waals surface area contributed by atoms with Crippen LogP contribution in [0, 0.1) is 0 Å². The third-order valence-electron chi connectivity index (χ3n) is 2.00. The number of nitrogens with one attached hydrogen (secondary N) is 1. The van der Waals surface area contributed by atoms with Gasteiger partial charge in [-0.05, 0) is 0 Å². The summed E-state index contributed by atoms with van der Waals surface area (Å²) in [5.41, 5.74) is 5.68. The number of hydrogen-bond acceptors (Lipinski definition) is 5. The second-order valence-electron chi connectivity index (χ2n) is 3.66. The van der Waals surface area contributed by atoms with Gasteiger partial charge in [-0.25, -0.2) is 4.79 Å². The molecule has 0 heterocycles. The number of thioether (sulfide) groups is 2. The fourth-order valence-electron chi connectivity index (χ4n) is 1.08. The standard InChI is InChI=1S/C12H20N2O3S2/c1-3-5-18-7-9(13)11(15)14-10(12(16)17)8-19-6-4-2/h3-4,9-10H,1-2,5-8,13H2,(H,14,15)(H,16,17)/t9-,10-/m0/s1. The van der Waals surface area contributed by atoms with Gasteiger partial charge in [-0.1, -0.05) is 12.2 Å². The number of rotatable bonds is 11. The molecule has 0 rings (SSSR count). The van der Waals surface area contributed by atoms with Crippen molar-refractivity contribution in [2.45, 2.75) is 12.1 Å². The average Bonchev–Trinajstić information content (AvgIpc) is 2.37. The Bertz CT molecular complexity index is 324. The highest BCUT2D eigenvalue weighted by Crippen LogP contribution is 2.05. The molecule has 0 aromatic carbocycles. The highest BCUT2D eigenvalue weighted by molar-refractivity contribution is 7.99. The van der Waals surface area contributed by atoms with E-state index in [1.807, 2.05) is 0 Å². The van der Waals surface area contributed by atoms with Gasteiger partial charge in [0, 0.05) is 23.0 Å². The SMILES string of the molecule is C=CCSC[C@H](NC(=O)[C@@H](N)CSCC=C)C(=O)O. The Balaban J connectivity index is 4.17. The molecule has 1 amide bonds. The fraction of sp³-hybridized carbons (Fsp3) is 0.500. The van der Waals surface area contributed by atoms with Crippen LogP contribution in [0.2, 0.25) is 0 Å². The summed E-state index contributed by atoms with van der Waals surface area (Å²) in [6, 6.07) is -1.64. The van der Waals surface area contributed by atoms with Crippen molar-refractivity contribution in [1.29, 1.82) is 0 Å². The molecule has 0 aromatic heterocycles. The molecule has 5 nitrogen and oxygen atoms in total. The molecule has 0 saturated heterocycles. The van der Waals surface area contributed by atoms with Gasteiger partial charge in [-0.15, -0.1) is 13.2 Å². The van der Waals surface area contributed by atoms with Crippen molar-refractivity contribution < 1.29 is 14.7 Å². The predicted molar refractivity (Wildman–Crippen MR) is 82.6 cm³/mol. The average molecular weight is 304 g/mol. The normalized spacial score (nSPS) is 13.3. The van der Waals surface area contributed by atoms with Crippen molar-refractivity contribution in [2.75, 3.05) is 23.0 Å². The summed E-state index contributed by atoms with van der Waals surface area (Å²) < 4.78 is 0. The number of carboxylic acid groups (broad SMARTS) is 1. The van der Waals surface area contributed by atoms with Crippen molar-refractivity contribution in [2.24, 2.45) is 5.73 Å². The lowest BCUT2D eigenvalue weighted by Crippen LogP contribution is -2.50. The third kappa shape index (κ3) is 8.74. The first-order chi connectivity index (χ1) is 9.02. The van der Waals surface area contributed by atoms with E-state index in [1.165, 1.54) is 23.5 Å². The van der Waals surface area contributed by atoms with E-state index in [9.17, 15) is 9.59 Å². The Labute approximate surface area is 122 Å². The quantitative estimate of drug-likeness (QED) is 0.385. The number of carbonyl (C=O) groups excluding carboxylic acids is 1. The minimum Gasteiger partial charge on any atom is -0.480 e. The molecule has 2 atom stereocenters. The smallest absolute Gasteiger partial charge is 0.327 e. The molecule has 0 spiro atoms. The maximum atomic E-state index is 11.7. The van der Waals surface area contributed by atoms with E-state index in [1.54, 1.807) is 12.2 Å². The van der Waals surface area contributed by atoms with Crippen LogP contribution >= 0.6 is 23.5 Å². The lowest BCUT2D eigenvalue weighted by atomic mass is 10.3. The molecule has 0 unspecified atom stereocenters. The molecule has 0 aliphatic rings. The lowest BCUT2D eigenvalue weighted by molar-refractivity contribution is -0.141. The summed E-state index contributed by atoms with van der Waals surface area (Å²) in [5.74, 6) is 0.572. The second-order valence-corrected chi connectivity index (χ2v) is 5.81. The number of amides is 1. The van der Waals surface area contributed by atoms with Crippen LogP contribution in [0.4, 0.5) is 0 Å². The summed E-state index contributed by atoms with van der Waals surface area (Å²) in [7, 11) is 0. The van der Waals surface area contributed by atoms with Crippen molar-refractivity contribution >= 4 is 35.4 Å². The van der Waals surface area contributed by atoms with E-state index in [0.29, 0.717) is 23.0 Å². The largest absolute Gasteiger partial charge is 0.480 e. The molecule has 0 fully saturated rings. The number of nitrogens with two attached hydrogens (primary N) is 1. The van der Waals surface area contributed by atoms with Gasteiger partial charge in [0.15, 0.2) is 0 Å². The molecule has 0 aliphatic carbocycles. The van der Waals surface area contributed by atoms with Gasteiger partial charge in [0.2, 0.25) is 5.91 Å². The minimum absolute atomic E-state index is 0.291. The second kappa shape index (κ2) is 11.0. The van der Waals surface area contributed by atoms with Crippen LogP contribution in [-0.4, -0.2) is 52.1 Å². The van der Waals surface area contributed by atoms with Crippen LogP contribution in [0.3, 0.4) is 0 Å². The van der Waals surface area contributed by atoms with E-state index >= 15 is 0 Å². The molecule has 0 aliphatic heterocycles. The van der Waals surface area contributed by atoms with Crippen LogP contribution in [-0.2, 0) is 9.59 Å². The highest BCUT2D eigenvalue weighted by atomic mass is 32.2. The Kier molecular flexibility index (Phi) is 10.4. The van der Waals surface area contributed by atoms with Gasteiger partial charge in [0.1, 0.15) is 6.04 Å². The van der Waals surface area contributed by atoms with Gasteiger partial charge in [-0.3, -0.25) is 4.79 Å². The zero-order valence-electron chi connectivity index (χ0n) is 10.7. The number of carboxylic acids is 1. The molecular weight excluding hydrogens is 284 g/mol. The van der Waals surface area contributed by atoms with Gasteiger partial charge in [0.05, 0.1) is 6.04 Å². The van der Waals surface area contributed by atoms with Crippen LogP contribution in [0.15, 0.2) is 25.3 Å². The van der Waals surface area contributed by atoms with Gasteiger partial charge in [-0.2, -0.15) is 23.5 Å². The molecule has 0 aromatic rings. The number of carbonyl (C=O) groups is 2. The zero-order valence-corrected chi connectivity index (χ0v) is 12.3. The van der Waals surface area contributed by atoms with Crippen LogP contribution < -0.4 is 11.1 Å². The molecular formula is C12H20N2O3S2. The van der Waals surface area contributed by atoms with Crippen molar-refractivity contribution in [3.63, 3.8) is 0 Å². The molecule has 0 saturated carbocycles. The molecule has 0 bridgehead atoms. The maximum Gasteiger partial charge on any atom is 0.327 e. The first-order valence-electron chi connectivity index (χ1n) is 5.69. The van der Waals surface area contributed by atoms with Crippen molar-refractivity contribution in [1.82, 2.24) is 5.32 Å². The fourth-order valence-corrected chi connectivity index (χ4v) is 2.55. The molecule has 4 N–H and O–H groups in total. The lowest BCUT2D eigenvalue weighted by Gasteiger charge is -2.17. The molecule has 19 heavy (non-hydrogen) atoms. The molecule has 108 valence electrons. The van der Waals surface area contributed by atoms with E-state index in [-0.39, 0.29) is 0 Å². The van der Waals surface area contributed by atoms with E-state index in [4.69, 9.17) is 10.8 Å². The summed E-state index contributed by atoms with van der Waals surface area (Å²) in [6.07, 6.45) is 3.41.